The summed E-state index contributed by atoms with van der Waals surface area (Å²) >= 11 is 0. The molecule has 0 saturated heterocycles. The maximum atomic E-state index is 11.3. The molecule has 2 atom stereocenters. The molecule has 0 spiro atoms. The van der Waals surface area contributed by atoms with Crippen molar-refractivity contribution in [3.05, 3.63) is 36.2 Å². The van der Waals surface area contributed by atoms with E-state index in [2.05, 4.69) is 15.6 Å². The molecule has 2 aromatic rings. The molecular weight excluding hydrogens is 320 g/mol. The smallest absolute Gasteiger partial charge is 0.217 e. The minimum Gasteiger partial charge on any atom is -0.493 e. The van der Waals surface area contributed by atoms with Crippen LogP contribution in [-0.2, 0) is 17.9 Å². The van der Waals surface area contributed by atoms with E-state index in [0.29, 0.717) is 24.0 Å². The second-order valence-electron chi connectivity index (χ2n) is 6.37. The summed E-state index contributed by atoms with van der Waals surface area (Å²) in [6.45, 7) is 2.66. The largest absolute Gasteiger partial charge is 0.493 e. The van der Waals surface area contributed by atoms with Crippen molar-refractivity contribution in [1.82, 2.24) is 20.3 Å². The quantitative estimate of drug-likeness (QED) is 0.833. The van der Waals surface area contributed by atoms with Gasteiger partial charge < -0.3 is 14.8 Å². The first-order chi connectivity index (χ1) is 12.2. The molecule has 1 aromatic carbocycles. The summed E-state index contributed by atoms with van der Waals surface area (Å²) in [6, 6.07) is 7.75. The minimum atomic E-state index is 0.0291. The summed E-state index contributed by atoms with van der Waals surface area (Å²) in [5, 5.41) is 11.4. The normalized spacial score (nSPS) is 19.6. The first-order valence-corrected chi connectivity index (χ1v) is 8.57. The lowest BCUT2D eigenvalue weighted by Gasteiger charge is -2.19. The van der Waals surface area contributed by atoms with Gasteiger partial charge in [-0.1, -0.05) is 23.8 Å². The molecule has 1 heterocycles. The number of benzene rings is 1. The van der Waals surface area contributed by atoms with Crippen LogP contribution in [0.25, 0.3) is 0 Å². The highest BCUT2D eigenvalue weighted by Gasteiger charge is 2.28. The summed E-state index contributed by atoms with van der Waals surface area (Å²) in [6.07, 6.45) is 5.16. The number of para-hydroxylation sites is 2. The lowest BCUT2D eigenvalue weighted by Crippen LogP contribution is -2.37. The molecule has 0 radical (unpaired) electrons. The molecule has 1 aliphatic rings. The molecule has 1 N–H and O–H groups in total. The molecule has 0 aliphatic heterocycles. The molecule has 0 unspecified atom stereocenters. The number of amides is 1. The van der Waals surface area contributed by atoms with Gasteiger partial charge in [-0.2, -0.15) is 0 Å². The van der Waals surface area contributed by atoms with Gasteiger partial charge in [0.25, 0.3) is 0 Å². The highest BCUT2D eigenvalue weighted by Crippen LogP contribution is 2.28. The van der Waals surface area contributed by atoms with Crippen LogP contribution in [0.4, 0.5) is 0 Å². The van der Waals surface area contributed by atoms with Gasteiger partial charge in [-0.05, 0) is 30.9 Å². The average molecular weight is 344 g/mol. The van der Waals surface area contributed by atoms with Gasteiger partial charge in [0.05, 0.1) is 13.3 Å². The Kier molecular flexibility index (Phi) is 5.53. The molecular formula is C18H24N4O3. The van der Waals surface area contributed by atoms with Gasteiger partial charge in [-0.15, -0.1) is 5.10 Å². The van der Waals surface area contributed by atoms with Crippen molar-refractivity contribution in [2.45, 2.75) is 45.4 Å². The molecule has 1 fully saturated rings. The van der Waals surface area contributed by atoms with E-state index in [0.717, 1.165) is 31.5 Å². The molecule has 134 valence electrons. The minimum absolute atomic E-state index is 0.0291. The standard InChI is InChI=1S/C18H24N4O3/c1-13(23)19-16-7-5-6-14(16)10-22-11-15(20-21-22)12-25-18-9-4-3-8-17(18)24-2/h3-4,8-9,11,14,16H,5-7,10,12H2,1-2H3,(H,19,23)/t14-,16-/m0/s1. The zero-order valence-corrected chi connectivity index (χ0v) is 14.6. The van der Waals surface area contributed by atoms with E-state index in [1.165, 1.54) is 0 Å². The fraction of sp³-hybridized carbons (Fsp3) is 0.500. The van der Waals surface area contributed by atoms with E-state index < -0.39 is 0 Å². The van der Waals surface area contributed by atoms with Crippen LogP contribution in [-0.4, -0.2) is 34.1 Å². The Bertz CT molecular complexity index is 716. The van der Waals surface area contributed by atoms with Crippen LogP contribution in [0.5, 0.6) is 11.5 Å². The van der Waals surface area contributed by atoms with Gasteiger partial charge in [0.15, 0.2) is 11.5 Å². The highest BCUT2D eigenvalue weighted by molar-refractivity contribution is 5.73. The summed E-state index contributed by atoms with van der Waals surface area (Å²) in [7, 11) is 1.62. The summed E-state index contributed by atoms with van der Waals surface area (Å²) in [4.78, 5) is 11.3. The fourth-order valence-electron chi connectivity index (χ4n) is 3.33. The topological polar surface area (TPSA) is 78.3 Å². The Balaban J connectivity index is 1.56. The van der Waals surface area contributed by atoms with Gasteiger partial charge in [-0.25, -0.2) is 0 Å². The Morgan fingerprint density at radius 3 is 2.88 bits per heavy atom. The van der Waals surface area contributed by atoms with Crippen molar-refractivity contribution in [2.75, 3.05) is 7.11 Å². The average Bonchev–Trinajstić information content (AvgIpc) is 3.23. The van der Waals surface area contributed by atoms with Crippen molar-refractivity contribution in [3.63, 3.8) is 0 Å². The van der Waals surface area contributed by atoms with Gasteiger partial charge in [0.1, 0.15) is 12.3 Å². The molecule has 1 amide bonds. The second-order valence-corrected chi connectivity index (χ2v) is 6.37. The van der Waals surface area contributed by atoms with E-state index >= 15 is 0 Å². The van der Waals surface area contributed by atoms with Crippen LogP contribution in [0, 0.1) is 5.92 Å². The zero-order chi connectivity index (χ0) is 17.6. The van der Waals surface area contributed by atoms with Crippen molar-refractivity contribution in [2.24, 2.45) is 5.92 Å². The fourth-order valence-corrected chi connectivity index (χ4v) is 3.33. The molecule has 1 aromatic heterocycles. The maximum absolute atomic E-state index is 11.3. The summed E-state index contributed by atoms with van der Waals surface area (Å²) in [5.41, 5.74) is 0.764. The van der Waals surface area contributed by atoms with E-state index in [1.54, 1.807) is 14.0 Å². The van der Waals surface area contributed by atoms with E-state index in [1.807, 2.05) is 35.1 Å². The van der Waals surface area contributed by atoms with Gasteiger partial charge in [0, 0.05) is 19.5 Å². The molecule has 1 aliphatic carbocycles. The van der Waals surface area contributed by atoms with Gasteiger partial charge >= 0.3 is 0 Å². The van der Waals surface area contributed by atoms with Crippen LogP contribution < -0.4 is 14.8 Å². The number of hydrogen-bond acceptors (Lipinski definition) is 5. The van der Waals surface area contributed by atoms with Crippen molar-refractivity contribution in [1.29, 1.82) is 0 Å². The van der Waals surface area contributed by atoms with Crippen LogP contribution in [0.2, 0.25) is 0 Å². The predicted molar refractivity (Wildman–Crippen MR) is 92.3 cm³/mol. The number of methoxy groups -OCH3 is 1. The number of rotatable bonds is 7. The molecule has 1 saturated carbocycles. The number of carbonyl (C=O) groups excluding carboxylic acids is 1. The number of nitrogens with one attached hydrogen (secondary N) is 1. The Morgan fingerprint density at radius 1 is 1.32 bits per heavy atom. The third kappa shape index (κ3) is 4.49. The maximum Gasteiger partial charge on any atom is 0.217 e. The SMILES string of the molecule is COc1ccccc1OCc1cn(C[C@@H]2CCC[C@@H]2NC(C)=O)nn1. The molecule has 7 heteroatoms. The summed E-state index contributed by atoms with van der Waals surface area (Å²) < 4.78 is 12.9. The highest BCUT2D eigenvalue weighted by atomic mass is 16.5. The molecule has 0 bridgehead atoms. The third-order valence-electron chi connectivity index (χ3n) is 4.50. The number of nitrogens with zero attached hydrogens (tertiary/aromatic N) is 3. The lowest BCUT2D eigenvalue weighted by molar-refractivity contribution is -0.119. The third-order valence-corrected chi connectivity index (χ3v) is 4.50. The number of carbonyl (C=O) groups is 1. The Morgan fingerprint density at radius 2 is 2.12 bits per heavy atom. The van der Waals surface area contributed by atoms with Crippen molar-refractivity contribution >= 4 is 5.91 Å². The monoisotopic (exact) mass is 344 g/mol. The zero-order valence-electron chi connectivity index (χ0n) is 14.6. The van der Waals surface area contributed by atoms with Crippen LogP contribution >= 0.6 is 0 Å². The van der Waals surface area contributed by atoms with E-state index in [9.17, 15) is 4.79 Å². The van der Waals surface area contributed by atoms with E-state index in [-0.39, 0.29) is 11.9 Å². The van der Waals surface area contributed by atoms with Crippen LogP contribution in [0.15, 0.2) is 30.5 Å². The Hall–Kier alpha value is -2.57. The van der Waals surface area contributed by atoms with Gasteiger partial charge in [-0.3, -0.25) is 9.48 Å². The van der Waals surface area contributed by atoms with E-state index in [4.69, 9.17) is 9.47 Å². The molecule has 7 nitrogen and oxygen atoms in total. The van der Waals surface area contributed by atoms with Crippen molar-refractivity contribution < 1.29 is 14.3 Å². The number of aromatic nitrogens is 3. The van der Waals surface area contributed by atoms with Crippen molar-refractivity contribution in [3.8, 4) is 11.5 Å². The molecule has 25 heavy (non-hydrogen) atoms. The van der Waals surface area contributed by atoms with Crippen LogP contribution in [0.3, 0.4) is 0 Å². The number of ether oxygens (including phenoxy) is 2. The Labute approximate surface area is 147 Å². The first kappa shape index (κ1) is 17.3. The predicted octanol–water partition coefficient (Wildman–Crippen LogP) is 2.17. The van der Waals surface area contributed by atoms with Gasteiger partial charge in [0.2, 0.25) is 5.91 Å². The number of hydrogen-bond donors (Lipinski definition) is 1. The first-order valence-electron chi connectivity index (χ1n) is 8.57. The van der Waals surface area contributed by atoms with Crippen LogP contribution in [0.1, 0.15) is 31.9 Å². The molecule has 3 rings (SSSR count). The second kappa shape index (κ2) is 8.00. The summed E-state index contributed by atoms with van der Waals surface area (Å²) in [5.74, 6) is 1.80. The lowest BCUT2D eigenvalue weighted by atomic mass is 10.0.